The van der Waals surface area contributed by atoms with Crippen LogP contribution < -0.4 is 9.47 Å². The number of amides is 6. The standard InChI is InChI=1S/C38H46N4O4.C37H43ClN4O4.C37H43FN4O3/c1-6-8-18-40(19-9-7-2)38(45)34-21-27(4)42(39-34)35-16-14-30(29-15-17-36(46-5)26(3)20-29)23-33(35)37(44)41-24-31-13-11-10-12-28(31)22-32(41)25-43;1-5-7-17-40(18-8-6-2)37(45)33-19-25(3)42(39-33)34-15-13-27(28-14-16-35(46-4)32(38)22-28)21-31(34)36(44)41-23-29-12-10-9-11-26(29)20-30(41)24-43;1-5-7-17-40(18-8-6-2)37(45)34-20-26(4)42(39-34)35-16-14-29(28-13-15-33(38)25(3)19-28)22-32(35)36(44)41-23-30-12-10-9-11-27(30)21-31(41)24-43/h10-17,20-21,23,32,43H,6-9,18-19,22,24-25H2,1-5H3;9-16,19,21-22,30,43H,5-8,17-18,20,23-24H2,1-4H3;9-16,19-20,22,31,43H,5-8,17-18,21,23-24H2,1-4H3/t32-;30-;31-/m000/s1. The van der Waals surface area contributed by atoms with Gasteiger partial charge < -0.3 is 54.2 Å². The fourth-order valence-electron chi connectivity index (χ4n) is 18.4. The Balaban J connectivity index is 0.000000174. The predicted octanol–water partition coefficient (Wildman–Crippen LogP) is 20.8. The number of carbonyl (C=O) groups excluding carboxylic acids is 6. The van der Waals surface area contributed by atoms with Crippen molar-refractivity contribution in [2.45, 2.75) is 210 Å². The zero-order valence-electron chi connectivity index (χ0n) is 81.6. The van der Waals surface area contributed by atoms with Gasteiger partial charge in [-0.25, -0.2) is 18.4 Å². The Morgan fingerprint density at radius 3 is 0.905 bits per heavy atom. The van der Waals surface area contributed by atoms with E-state index in [1.54, 1.807) is 80.2 Å². The lowest BCUT2D eigenvalue weighted by Gasteiger charge is -2.36. The van der Waals surface area contributed by atoms with E-state index in [-0.39, 0.29) is 73.2 Å². The van der Waals surface area contributed by atoms with Gasteiger partial charge in [0.15, 0.2) is 17.1 Å². The van der Waals surface area contributed by atoms with E-state index in [0.717, 1.165) is 172 Å². The first kappa shape index (κ1) is 102. The quantitative estimate of drug-likeness (QED) is 0.0334. The largest absolute Gasteiger partial charge is 0.496 e. The highest BCUT2D eigenvalue weighted by molar-refractivity contribution is 6.32. The number of hydrogen-bond acceptors (Lipinski definition) is 14. The van der Waals surface area contributed by atoms with Crippen LogP contribution in [0.2, 0.25) is 5.02 Å². The van der Waals surface area contributed by atoms with Crippen LogP contribution in [-0.2, 0) is 38.9 Å². The molecule has 3 aliphatic heterocycles. The Kier molecular flexibility index (Phi) is 35.4. The lowest BCUT2D eigenvalue weighted by molar-refractivity contribution is 0.0539. The molecule has 12 aromatic rings. The average Bonchev–Trinajstić information content (AvgIpc) is 1.75. The van der Waals surface area contributed by atoms with Crippen molar-refractivity contribution in [2.75, 3.05) is 73.3 Å². The monoisotopic (exact) mass is 1870 g/mol. The van der Waals surface area contributed by atoms with Gasteiger partial charge in [0.25, 0.3) is 35.4 Å². The van der Waals surface area contributed by atoms with Crippen molar-refractivity contribution >= 4 is 47.0 Å². The third kappa shape index (κ3) is 23.7. The van der Waals surface area contributed by atoms with Gasteiger partial charge in [0.05, 0.1) is 90.9 Å². The molecule has 0 fully saturated rings. The summed E-state index contributed by atoms with van der Waals surface area (Å²) in [5.74, 6) is 0.113. The highest BCUT2D eigenvalue weighted by Crippen LogP contribution is 2.39. The second-order valence-corrected chi connectivity index (χ2v) is 36.6. The van der Waals surface area contributed by atoms with Crippen molar-refractivity contribution in [1.29, 1.82) is 0 Å². The number of ether oxygens (including phenoxy) is 2. The molecular weight excluding hydrogens is 1740 g/mol. The van der Waals surface area contributed by atoms with Gasteiger partial charge in [-0.15, -0.1) is 0 Å². The van der Waals surface area contributed by atoms with Gasteiger partial charge in [0.1, 0.15) is 17.3 Å². The van der Waals surface area contributed by atoms with Crippen LogP contribution in [0.25, 0.3) is 50.4 Å². The summed E-state index contributed by atoms with van der Waals surface area (Å²) < 4.78 is 30.0. The maximum Gasteiger partial charge on any atom is 0.274 e. The van der Waals surface area contributed by atoms with E-state index in [2.05, 4.69) is 53.7 Å². The molecule has 137 heavy (non-hydrogen) atoms. The number of aryl methyl sites for hydroxylation is 5. The van der Waals surface area contributed by atoms with Crippen molar-refractivity contribution in [3.63, 3.8) is 0 Å². The molecule has 25 heteroatoms. The highest BCUT2D eigenvalue weighted by Gasteiger charge is 2.37. The second-order valence-electron chi connectivity index (χ2n) is 36.2. The van der Waals surface area contributed by atoms with Crippen molar-refractivity contribution in [3.05, 3.63) is 306 Å². The van der Waals surface area contributed by atoms with Gasteiger partial charge in [-0.05, 0) is 261 Å². The third-order valence-electron chi connectivity index (χ3n) is 26.4. The van der Waals surface area contributed by atoms with Gasteiger partial charge in [0, 0.05) is 76.0 Å². The number of aliphatic hydroxyl groups excluding tert-OH is 3. The number of rotatable bonds is 35. The topological polar surface area (TPSA) is 254 Å². The minimum Gasteiger partial charge on any atom is -0.496 e. The molecule has 0 unspecified atom stereocenters. The molecule has 720 valence electrons. The predicted molar refractivity (Wildman–Crippen MR) is 539 cm³/mol. The Morgan fingerprint density at radius 2 is 0.628 bits per heavy atom. The first-order valence-corrected chi connectivity index (χ1v) is 48.9. The number of fused-ring (bicyclic) bond motifs is 3. The maximum absolute atomic E-state index is 14.6. The molecule has 15 rings (SSSR count). The minimum absolute atomic E-state index is 0.0880. The van der Waals surface area contributed by atoms with Gasteiger partial charge in [-0.3, -0.25) is 28.8 Å². The summed E-state index contributed by atoms with van der Waals surface area (Å²) in [5.41, 5.74) is 19.4. The van der Waals surface area contributed by atoms with E-state index in [4.69, 9.17) is 36.4 Å². The zero-order chi connectivity index (χ0) is 97.7. The van der Waals surface area contributed by atoms with Crippen LogP contribution in [0.4, 0.5) is 4.39 Å². The first-order chi connectivity index (χ1) is 66.3. The molecule has 3 aromatic heterocycles. The molecular formula is C112H132ClFN12O11. The molecule has 3 N–H and O–H groups in total. The molecule has 9 aromatic carbocycles. The lowest BCUT2D eigenvalue weighted by Crippen LogP contribution is -2.46. The van der Waals surface area contributed by atoms with Gasteiger partial charge in [-0.2, -0.15) is 15.3 Å². The molecule has 0 saturated heterocycles. The molecule has 0 radical (unpaired) electrons. The summed E-state index contributed by atoms with van der Waals surface area (Å²) in [6, 6.07) is 61.8. The Labute approximate surface area is 810 Å². The lowest BCUT2D eigenvalue weighted by atomic mass is 9.93. The summed E-state index contributed by atoms with van der Waals surface area (Å²) in [7, 11) is 3.22. The van der Waals surface area contributed by atoms with Crippen molar-refractivity contribution in [2.24, 2.45) is 0 Å². The van der Waals surface area contributed by atoms with Crippen molar-refractivity contribution in [1.82, 2.24) is 58.7 Å². The number of halogens is 2. The van der Waals surface area contributed by atoms with Crippen LogP contribution in [0, 0.1) is 40.4 Å². The van der Waals surface area contributed by atoms with E-state index in [0.29, 0.717) is 145 Å². The van der Waals surface area contributed by atoms with Gasteiger partial charge in [0.2, 0.25) is 0 Å². The van der Waals surface area contributed by atoms with Gasteiger partial charge >= 0.3 is 0 Å². The molecule has 3 aliphatic rings. The zero-order valence-corrected chi connectivity index (χ0v) is 82.4. The van der Waals surface area contributed by atoms with E-state index < -0.39 is 6.04 Å². The van der Waals surface area contributed by atoms with E-state index in [1.807, 2.05) is 194 Å². The maximum atomic E-state index is 14.6. The fourth-order valence-corrected chi connectivity index (χ4v) is 18.6. The Hall–Kier alpha value is -12.9. The number of hydrogen-bond donors (Lipinski definition) is 3. The summed E-state index contributed by atoms with van der Waals surface area (Å²) in [5, 5.41) is 46.0. The van der Waals surface area contributed by atoms with Crippen LogP contribution >= 0.6 is 11.6 Å². The van der Waals surface area contributed by atoms with Crippen molar-refractivity contribution in [3.8, 4) is 61.9 Å². The van der Waals surface area contributed by atoms with E-state index >= 15 is 0 Å². The highest BCUT2D eigenvalue weighted by atomic mass is 35.5. The molecule has 6 heterocycles. The van der Waals surface area contributed by atoms with E-state index in [1.165, 1.54) is 6.07 Å². The smallest absolute Gasteiger partial charge is 0.274 e. The summed E-state index contributed by atoms with van der Waals surface area (Å²) in [4.78, 5) is 95.6. The normalized spacial score (nSPS) is 14.3. The van der Waals surface area contributed by atoms with Crippen LogP contribution in [-0.4, -0.2) is 201 Å². The molecule has 23 nitrogen and oxygen atoms in total. The molecule has 0 saturated carbocycles. The van der Waals surface area contributed by atoms with Crippen LogP contribution in [0.3, 0.4) is 0 Å². The average molecular weight is 1880 g/mol. The molecule has 0 spiro atoms. The number of aliphatic hydroxyl groups is 3. The number of unbranched alkanes of at least 4 members (excludes halogenated alkanes) is 6. The van der Waals surface area contributed by atoms with E-state index in [9.17, 15) is 48.5 Å². The summed E-state index contributed by atoms with van der Waals surface area (Å²) in [6.45, 7) is 26.9. The second kappa shape index (κ2) is 47.7. The Bertz CT molecular complexity index is 5980. The number of nitrogens with zero attached hydrogens (tertiary/aromatic N) is 12. The summed E-state index contributed by atoms with van der Waals surface area (Å²) >= 11 is 6.48. The molecule has 3 atom stereocenters. The molecule has 6 amide bonds. The minimum atomic E-state index is -0.390. The van der Waals surface area contributed by atoms with Gasteiger partial charge in [-0.1, -0.05) is 201 Å². The van der Waals surface area contributed by atoms with Crippen molar-refractivity contribution < 1.29 is 58.0 Å². The Morgan fingerprint density at radius 1 is 0.358 bits per heavy atom. The summed E-state index contributed by atoms with van der Waals surface area (Å²) in [6.07, 6.45) is 13.2. The third-order valence-corrected chi connectivity index (χ3v) is 26.7. The molecule has 0 bridgehead atoms. The molecule has 0 aliphatic carbocycles. The number of benzene rings is 9. The van der Waals surface area contributed by atoms with Crippen LogP contribution in [0.15, 0.2) is 200 Å². The first-order valence-electron chi connectivity index (χ1n) is 48.6. The number of carbonyl (C=O) groups is 6. The van der Waals surface area contributed by atoms with Crippen LogP contribution in [0.1, 0.15) is 243 Å². The number of methoxy groups -OCH3 is 2. The number of aromatic nitrogens is 6. The SMILES string of the molecule is CCCCN(CCCC)C(=O)c1cc(C)n(-c2ccc(-c3ccc(F)c(C)c3)cc2C(=O)N2Cc3ccccc3C[C@H]2CO)n1.CCCCN(CCCC)C(=O)c1cc(C)n(-c2ccc(-c3ccc(OC)c(C)c3)cc2C(=O)N2Cc3ccccc3C[C@H]2CO)n1.CCCCN(CCCC)C(=O)c1cc(C)n(-c2ccc(-c3ccc(OC)c(Cl)c3)cc2C(=O)N2Cc3ccccc3C[C@H]2CO)n1. The fraction of sp³-hybridized carbons (Fsp3) is 0.384. The van der Waals surface area contributed by atoms with Crippen LogP contribution in [0.5, 0.6) is 11.5 Å².